The van der Waals surface area contributed by atoms with E-state index in [2.05, 4.69) is 20.2 Å². The number of rotatable bonds is 3. The third-order valence-electron chi connectivity index (χ3n) is 4.14. The van der Waals surface area contributed by atoms with Crippen molar-refractivity contribution in [3.63, 3.8) is 0 Å². The molecular weight excluding hydrogens is 316 g/mol. The van der Waals surface area contributed by atoms with E-state index in [0.29, 0.717) is 17.2 Å². The summed E-state index contributed by atoms with van der Waals surface area (Å²) in [5.41, 5.74) is 2.57. The number of carbonyl (C=O) groups is 1. The van der Waals surface area contributed by atoms with Gasteiger partial charge in [-0.3, -0.25) is 9.78 Å². The van der Waals surface area contributed by atoms with E-state index in [4.69, 9.17) is 4.74 Å². The summed E-state index contributed by atoms with van der Waals surface area (Å²) in [6.07, 6.45) is 4.50. The maximum Gasteiger partial charge on any atom is 0.255 e. The summed E-state index contributed by atoms with van der Waals surface area (Å²) < 4.78 is 5.65. The Morgan fingerprint density at radius 3 is 2.64 bits per heavy atom. The summed E-state index contributed by atoms with van der Waals surface area (Å²) >= 11 is 0. The molecule has 0 bridgehead atoms. The van der Waals surface area contributed by atoms with Crippen LogP contribution in [0.5, 0.6) is 11.6 Å². The fourth-order valence-corrected chi connectivity index (χ4v) is 2.90. The molecule has 1 atom stereocenters. The van der Waals surface area contributed by atoms with Crippen LogP contribution in [0.3, 0.4) is 0 Å². The van der Waals surface area contributed by atoms with Crippen molar-refractivity contribution in [1.82, 2.24) is 15.3 Å². The third kappa shape index (κ3) is 2.89. The average molecular weight is 332 g/mol. The summed E-state index contributed by atoms with van der Waals surface area (Å²) in [4.78, 5) is 22.4. The van der Waals surface area contributed by atoms with Gasteiger partial charge in [-0.15, -0.1) is 0 Å². The standard InChI is InChI=1S/C19H16N4O2/c1-23-16-5-3-2-4-15(16)19(24)22-18(23)13-6-8-14(9-7-13)25-17-12-20-10-11-21-17/h2-12,18H,1H3,(H,22,24)/t18-/m0/s1. The minimum Gasteiger partial charge on any atom is -0.438 e. The van der Waals surface area contributed by atoms with Gasteiger partial charge < -0.3 is 15.0 Å². The number of hydrogen-bond donors (Lipinski definition) is 1. The molecule has 1 aliphatic heterocycles. The number of hydrogen-bond acceptors (Lipinski definition) is 5. The summed E-state index contributed by atoms with van der Waals surface area (Å²) in [5.74, 6) is 1.03. The molecule has 0 unspecified atom stereocenters. The molecule has 0 fully saturated rings. The van der Waals surface area contributed by atoms with Gasteiger partial charge >= 0.3 is 0 Å². The van der Waals surface area contributed by atoms with Crippen molar-refractivity contribution in [3.8, 4) is 11.6 Å². The quantitative estimate of drug-likeness (QED) is 0.798. The number of fused-ring (bicyclic) bond motifs is 1. The average Bonchev–Trinajstić information content (AvgIpc) is 2.66. The van der Waals surface area contributed by atoms with Gasteiger partial charge in [0.25, 0.3) is 5.91 Å². The van der Waals surface area contributed by atoms with Crippen LogP contribution in [0.2, 0.25) is 0 Å². The maximum absolute atomic E-state index is 12.3. The van der Waals surface area contributed by atoms with Gasteiger partial charge in [0.2, 0.25) is 5.88 Å². The van der Waals surface area contributed by atoms with E-state index >= 15 is 0 Å². The highest BCUT2D eigenvalue weighted by Crippen LogP contribution is 2.32. The molecule has 0 radical (unpaired) electrons. The van der Waals surface area contributed by atoms with Gasteiger partial charge in [0.1, 0.15) is 11.9 Å². The van der Waals surface area contributed by atoms with Gasteiger partial charge in [-0.05, 0) is 29.8 Å². The molecule has 6 heteroatoms. The Bertz CT molecular complexity index is 897. The van der Waals surface area contributed by atoms with Crippen molar-refractivity contribution in [3.05, 3.63) is 78.2 Å². The van der Waals surface area contributed by atoms with Gasteiger partial charge in [0, 0.05) is 19.4 Å². The Kier molecular flexibility index (Phi) is 3.78. The lowest BCUT2D eigenvalue weighted by molar-refractivity contribution is 0.0928. The Balaban J connectivity index is 1.57. The van der Waals surface area contributed by atoms with Crippen LogP contribution in [-0.4, -0.2) is 22.9 Å². The molecule has 0 aliphatic carbocycles. The van der Waals surface area contributed by atoms with Crippen LogP contribution in [0.1, 0.15) is 22.1 Å². The largest absolute Gasteiger partial charge is 0.438 e. The van der Waals surface area contributed by atoms with Crippen molar-refractivity contribution in [2.24, 2.45) is 0 Å². The van der Waals surface area contributed by atoms with E-state index in [9.17, 15) is 4.79 Å². The highest BCUT2D eigenvalue weighted by Gasteiger charge is 2.28. The first kappa shape index (κ1) is 15.1. The molecule has 3 aromatic rings. The Morgan fingerprint density at radius 1 is 1.08 bits per heavy atom. The molecule has 124 valence electrons. The van der Waals surface area contributed by atoms with Crippen molar-refractivity contribution < 1.29 is 9.53 Å². The predicted molar refractivity (Wildman–Crippen MR) is 93.6 cm³/mol. The number of nitrogens with zero attached hydrogens (tertiary/aromatic N) is 3. The number of amides is 1. The molecule has 1 amide bonds. The smallest absolute Gasteiger partial charge is 0.255 e. The second-order valence-corrected chi connectivity index (χ2v) is 5.72. The number of nitrogens with one attached hydrogen (secondary N) is 1. The minimum atomic E-state index is -0.229. The molecule has 1 aromatic heterocycles. The van der Waals surface area contributed by atoms with Crippen molar-refractivity contribution in [1.29, 1.82) is 0 Å². The molecule has 4 rings (SSSR count). The van der Waals surface area contributed by atoms with Gasteiger partial charge in [0.05, 0.1) is 17.4 Å². The van der Waals surface area contributed by atoms with Crippen LogP contribution in [-0.2, 0) is 0 Å². The molecule has 0 saturated heterocycles. The molecule has 25 heavy (non-hydrogen) atoms. The first-order chi connectivity index (χ1) is 12.2. The molecular formula is C19H16N4O2. The van der Waals surface area contributed by atoms with Crippen LogP contribution in [0.25, 0.3) is 0 Å². The fourth-order valence-electron chi connectivity index (χ4n) is 2.90. The van der Waals surface area contributed by atoms with Gasteiger partial charge in [0.15, 0.2) is 0 Å². The molecule has 1 aliphatic rings. The SMILES string of the molecule is CN1c2ccccc2C(=O)N[C@@H]1c1ccc(Oc2cnccn2)cc1. The van der Waals surface area contributed by atoms with Crippen molar-refractivity contribution >= 4 is 11.6 Å². The number of aromatic nitrogens is 2. The Labute approximate surface area is 145 Å². The lowest BCUT2D eigenvalue weighted by Gasteiger charge is -2.36. The molecule has 0 saturated carbocycles. The summed E-state index contributed by atoms with van der Waals surface area (Å²) in [6.45, 7) is 0. The minimum absolute atomic E-state index is 0.0708. The number of para-hydroxylation sites is 1. The molecule has 6 nitrogen and oxygen atoms in total. The highest BCUT2D eigenvalue weighted by molar-refractivity contribution is 6.01. The van der Waals surface area contributed by atoms with Crippen molar-refractivity contribution in [2.45, 2.75) is 6.17 Å². The van der Waals surface area contributed by atoms with E-state index in [1.807, 2.05) is 55.6 Å². The van der Waals surface area contributed by atoms with E-state index in [1.165, 1.54) is 0 Å². The zero-order valence-electron chi connectivity index (χ0n) is 13.6. The Hall–Kier alpha value is -3.41. The zero-order chi connectivity index (χ0) is 17.2. The molecule has 0 spiro atoms. The van der Waals surface area contributed by atoms with E-state index in [0.717, 1.165) is 11.3 Å². The molecule has 1 N–H and O–H groups in total. The van der Waals surface area contributed by atoms with Gasteiger partial charge in [-0.1, -0.05) is 24.3 Å². The second kappa shape index (κ2) is 6.24. The number of carbonyl (C=O) groups excluding carboxylic acids is 1. The summed E-state index contributed by atoms with van der Waals surface area (Å²) in [5, 5.41) is 3.03. The fraction of sp³-hybridized carbons (Fsp3) is 0.105. The van der Waals surface area contributed by atoms with Gasteiger partial charge in [-0.2, -0.15) is 0 Å². The normalized spacial score (nSPS) is 16.1. The Morgan fingerprint density at radius 2 is 1.88 bits per heavy atom. The number of benzene rings is 2. The number of anilines is 1. The summed E-state index contributed by atoms with van der Waals surface area (Å²) in [6, 6.07) is 15.1. The lowest BCUT2D eigenvalue weighted by Crippen LogP contribution is -2.44. The van der Waals surface area contributed by atoms with Crippen LogP contribution >= 0.6 is 0 Å². The topological polar surface area (TPSA) is 67.4 Å². The number of ether oxygens (including phenoxy) is 1. The highest BCUT2D eigenvalue weighted by atomic mass is 16.5. The molecule has 2 heterocycles. The van der Waals surface area contributed by atoms with Crippen LogP contribution in [0, 0.1) is 0 Å². The predicted octanol–water partition coefficient (Wildman–Crippen LogP) is 3.15. The first-order valence-electron chi connectivity index (χ1n) is 7.89. The maximum atomic E-state index is 12.3. The van der Waals surface area contributed by atoms with E-state index < -0.39 is 0 Å². The van der Waals surface area contributed by atoms with E-state index in [-0.39, 0.29) is 12.1 Å². The van der Waals surface area contributed by atoms with E-state index in [1.54, 1.807) is 18.6 Å². The summed E-state index contributed by atoms with van der Waals surface area (Å²) in [7, 11) is 1.97. The third-order valence-corrected chi connectivity index (χ3v) is 4.14. The zero-order valence-corrected chi connectivity index (χ0v) is 13.6. The monoisotopic (exact) mass is 332 g/mol. The molecule has 2 aromatic carbocycles. The van der Waals surface area contributed by atoms with Crippen LogP contribution in [0.15, 0.2) is 67.1 Å². The second-order valence-electron chi connectivity index (χ2n) is 5.72. The lowest BCUT2D eigenvalue weighted by atomic mass is 10.0. The van der Waals surface area contributed by atoms with Crippen LogP contribution in [0.4, 0.5) is 5.69 Å². The van der Waals surface area contributed by atoms with Crippen molar-refractivity contribution in [2.75, 3.05) is 11.9 Å². The first-order valence-corrected chi connectivity index (χ1v) is 7.89. The van der Waals surface area contributed by atoms with Crippen LogP contribution < -0.4 is 15.0 Å². The van der Waals surface area contributed by atoms with Gasteiger partial charge in [-0.25, -0.2) is 4.98 Å².